The molecule has 0 bridgehead atoms. The molecular formula is C9H16. The van der Waals surface area contributed by atoms with Crippen LogP contribution in [0.5, 0.6) is 0 Å². The SMILES string of the molecule is CC[C@]12CC[C@]1(C)[C@@H]2C. The molecule has 0 nitrogen and oxygen atoms in total. The van der Waals surface area contributed by atoms with E-state index >= 15 is 0 Å². The third-order valence-electron chi connectivity index (χ3n) is 4.56. The molecule has 52 valence electrons. The molecule has 0 spiro atoms. The van der Waals surface area contributed by atoms with Crippen LogP contribution in [-0.2, 0) is 0 Å². The quantitative estimate of drug-likeness (QED) is 0.504. The van der Waals surface area contributed by atoms with Gasteiger partial charge in [0.1, 0.15) is 0 Å². The predicted molar refractivity (Wildman–Crippen MR) is 39.2 cm³/mol. The predicted octanol–water partition coefficient (Wildman–Crippen LogP) is 2.83. The molecule has 2 fully saturated rings. The highest BCUT2D eigenvalue weighted by molar-refractivity contribution is 5.23. The highest BCUT2D eigenvalue weighted by atomic mass is 14.8. The molecule has 3 atom stereocenters. The highest BCUT2D eigenvalue weighted by Gasteiger charge is 2.75. The van der Waals surface area contributed by atoms with Crippen molar-refractivity contribution in [3.05, 3.63) is 0 Å². The molecule has 0 aromatic carbocycles. The largest absolute Gasteiger partial charge is 0.0648 e. The molecule has 0 saturated heterocycles. The minimum atomic E-state index is 0.793. The van der Waals surface area contributed by atoms with Gasteiger partial charge in [-0.3, -0.25) is 0 Å². The molecular weight excluding hydrogens is 108 g/mol. The van der Waals surface area contributed by atoms with E-state index in [0.717, 1.165) is 16.7 Å². The summed E-state index contributed by atoms with van der Waals surface area (Å²) in [6.07, 6.45) is 4.44. The van der Waals surface area contributed by atoms with E-state index in [2.05, 4.69) is 20.8 Å². The zero-order chi connectivity index (χ0) is 6.70. The minimum absolute atomic E-state index is 0.793. The van der Waals surface area contributed by atoms with Crippen LogP contribution in [0.1, 0.15) is 40.0 Å². The van der Waals surface area contributed by atoms with Crippen molar-refractivity contribution in [2.45, 2.75) is 40.0 Å². The molecule has 2 aliphatic carbocycles. The van der Waals surface area contributed by atoms with Crippen molar-refractivity contribution in [3.63, 3.8) is 0 Å². The Morgan fingerprint density at radius 2 is 2.11 bits per heavy atom. The standard InChI is InChI=1S/C9H16/c1-4-9-6-5-8(9,3)7(9)2/h7H,4-6H2,1-3H3/t7-,8+,9+/m0/s1. The van der Waals surface area contributed by atoms with Gasteiger partial charge in [0.05, 0.1) is 0 Å². The maximum Gasteiger partial charge on any atom is -0.0212 e. The Kier molecular flexibility index (Phi) is 0.774. The topological polar surface area (TPSA) is 0 Å². The lowest BCUT2D eigenvalue weighted by atomic mass is 9.74. The number of rotatable bonds is 1. The summed E-state index contributed by atoms with van der Waals surface area (Å²) in [7, 11) is 0. The normalized spacial score (nSPS) is 62.3. The smallest absolute Gasteiger partial charge is 0.0212 e. The molecule has 2 aliphatic rings. The van der Waals surface area contributed by atoms with Gasteiger partial charge in [-0.05, 0) is 36.0 Å². The first-order valence-corrected chi connectivity index (χ1v) is 4.17. The molecule has 0 heterocycles. The average Bonchev–Trinajstić information content (AvgIpc) is 2.13. The van der Waals surface area contributed by atoms with E-state index in [9.17, 15) is 0 Å². The van der Waals surface area contributed by atoms with E-state index < -0.39 is 0 Å². The lowest BCUT2D eigenvalue weighted by Gasteiger charge is -2.31. The minimum Gasteiger partial charge on any atom is -0.0648 e. The number of hydrogen-bond acceptors (Lipinski definition) is 0. The van der Waals surface area contributed by atoms with Crippen LogP contribution < -0.4 is 0 Å². The monoisotopic (exact) mass is 124 g/mol. The van der Waals surface area contributed by atoms with E-state index in [0.29, 0.717) is 0 Å². The van der Waals surface area contributed by atoms with Crippen LogP contribution in [0.3, 0.4) is 0 Å². The molecule has 2 saturated carbocycles. The molecule has 0 N–H and O–H groups in total. The van der Waals surface area contributed by atoms with Gasteiger partial charge in [-0.15, -0.1) is 0 Å². The second kappa shape index (κ2) is 1.21. The first-order valence-electron chi connectivity index (χ1n) is 4.17. The van der Waals surface area contributed by atoms with E-state index in [1.807, 2.05) is 0 Å². The number of fused-ring (bicyclic) bond motifs is 1. The van der Waals surface area contributed by atoms with Gasteiger partial charge >= 0.3 is 0 Å². The van der Waals surface area contributed by atoms with E-state index in [1.54, 1.807) is 0 Å². The van der Waals surface area contributed by atoms with Gasteiger partial charge in [-0.2, -0.15) is 0 Å². The molecule has 0 aliphatic heterocycles. The Labute approximate surface area is 57.6 Å². The van der Waals surface area contributed by atoms with Crippen LogP contribution in [0.15, 0.2) is 0 Å². The summed E-state index contributed by atoms with van der Waals surface area (Å²) in [4.78, 5) is 0. The summed E-state index contributed by atoms with van der Waals surface area (Å²) in [6.45, 7) is 7.24. The van der Waals surface area contributed by atoms with Crippen molar-refractivity contribution in [1.82, 2.24) is 0 Å². The maximum atomic E-state index is 2.46. The fraction of sp³-hybridized carbons (Fsp3) is 1.00. The van der Waals surface area contributed by atoms with Crippen LogP contribution >= 0.6 is 0 Å². The zero-order valence-corrected chi connectivity index (χ0v) is 6.70. The fourth-order valence-electron chi connectivity index (χ4n) is 3.27. The van der Waals surface area contributed by atoms with Crippen molar-refractivity contribution in [2.75, 3.05) is 0 Å². The van der Waals surface area contributed by atoms with Gasteiger partial charge in [-0.1, -0.05) is 20.8 Å². The summed E-state index contributed by atoms with van der Waals surface area (Å²) >= 11 is 0. The zero-order valence-electron chi connectivity index (χ0n) is 6.70. The maximum absolute atomic E-state index is 2.46. The third-order valence-corrected chi connectivity index (χ3v) is 4.56. The Bertz CT molecular complexity index is 146. The van der Waals surface area contributed by atoms with Crippen LogP contribution in [-0.4, -0.2) is 0 Å². The van der Waals surface area contributed by atoms with E-state index in [4.69, 9.17) is 0 Å². The Hall–Kier alpha value is 0. The van der Waals surface area contributed by atoms with Crippen LogP contribution in [0.2, 0.25) is 0 Å². The first-order chi connectivity index (χ1) is 4.17. The van der Waals surface area contributed by atoms with Crippen molar-refractivity contribution < 1.29 is 0 Å². The summed E-state index contributed by atoms with van der Waals surface area (Å²) in [5.74, 6) is 1.04. The van der Waals surface area contributed by atoms with Gasteiger partial charge in [0, 0.05) is 0 Å². The van der Waals surface area contributed by atoms with Crippen LogP contribution in [0.25, 0.3) is 0 Å². The van der Waals surface area contributed by atoms with Gasteiger partial charge in [-0.25, -0.2) is 0 Å². The Morgan fingerprint density at radius 3 is 2.11 bits per heavy atom. The van der Waals surface area contributed by atoms with Crippen molar-refractivity contribution in [3.8, 4) is 0 Å². The molecule has 0 amide bonds. The molecule has 0 aromatic heterocycles. The molecule has 0 aromatic rings. The average molecular weight is 124 g/mol. The van der Waals surface area contributed by atoms with Crippen LogP contribution in [0.4, 0.5) is 0 Å². The van der Waals surface area contributed by atoms with Gasteiger partial charge < -0.3 is 0 Å². The highest BCUT2D eigenvalue weighted by Crippen LogP contribution is 2.82. The summed E-state index contributed by atoms with van der Waals surface area (Å²) in [5.41, 5.74) is 1.62. The second-order valence-electron chi connectivity index (χ2n) is 4.15. The van der Waals surface area contributed by atoms with E-state index in [1.165, 1.54) is 19.3 Å². The molecule has 0 unspecified atom stereocenters. The first kappa shape index (κ1) is 5.76. The van der Waals surface area contributed by atoms with Gasteiger partial charge in [0.25, 0.3) is 0 Å². The molecule has 2 rings (SSSR count). The molecule has 0 heteroatoms. The third kappa shape index (κ3) is 0.342. The lowest BCUT2D eigenvalue weighted by Crippen LogP contribution is -2.21. The Morgan fingerprint density at radius 1 is 1.44 bits per heavy atom. The van der Waals surface area contributed by atoms with E-state index in [-0.39, 0.29) is 0 Å². The number of hydrogen-bond donors (Lipinski definition) is 0. The second-order valence-corrected chi connectivity index (χ2v) is 4.15. The summed E-state index contributed by atoms with van der Waals surface area (Å²) in [5, 5.41) is 0. The van der Waals surface area contributed by atoms with Crippen molar-refractivity contribution in [1.29, 1.82) is 0 Å². The Balaban J connectivity index is 2.21. The van der Waals surface area contributed by atoms with Crippen molar-refractivity contribution in [2.24, 2.45) is 16.7 Å². The van der Waals surface area contributed by atoms with Crippen molar-refractivity contribution >= 4 is 0 Å². The van der Waals surface area contributed by atoms with Gasteiger partial charge in [0.2, 0.25) is 0 Å². The van der Waals surface area contributed by atoms with Crippen LogP contribution in [0, 0.1) is 16.7 Å². The van der Waals surface area contributed by atoms with Gasteiger partial charge in [0.15, 0.2) is 0 Å². The molecule has 9 heavy (non-hydrogen) atoms. The summed E-state index contributed by atoms with van der Waals surface area (Å²) < 4.78 is 0. The molecule has 0 radical (unpaired) electrons. The fourth-order valence-corrected chi connectivity index (χ4v) is 3.27. The summed E-state index contributed by atoms with van der Waals surface area (Å²) in [6, 6.07) is 0. The lowest BCUT2D eigenvalue weighted by molar-refractivity contribution is 0.190.